The minimum Gasteiger partial charge on any atom is -0.313 e. The van der Waals surface area contributed by atoms with Gasteiger partial charge in [-0.25, -0.2) is 18.1 Å². The Labute approximate surface area is 167 Å². The second-order valence-corrected chi connectivity index (χ2v) is 9.11. The lowest BCUT2D eigenvalue weighted by atomic mass is 10.2. The number of nitrogens with zero attached hydrogens (tertiary/aromatic N) is 2. The van der Waals surface area contributed by atoms with Gasteiger partial charge in [-0.1, -0.05) is 17.7 Å². The van der Waals surface area contributed by atoms with Crippen LogP contribution in [-0.4, -0.2) is 30.4 Å². The van der Waals surface area contributed by atoms with Gasteiger partial charge in [0.25, 0.3) is 5.91 Å². The molecule has 0 spiro atoms. The Kier molecular flexibility index (Phi) is 4.86. The van der Waals surface area contributed by atoms with Crippen LogP contribution in [0.2, 0.25) is 5.02 Å². The average molecular weight is 419 g/mol. The molecule has 0 saturated heterocycles. The number of sulfonamides is 1. The lowest BCUT2D eigenvalue weighted by Gasteiger charge is -2.09. The minimum atomic E-state index is -3.64. The summed E-state index contributed by atoms with van der Waals surface area (Å²) in [6.45, 7) is 0.432. The summed E-state index contributed by atoms with van der Waals surface area (Å²) in [4.78, 5) is 17.1. The summed E-state index contributed by atoms with van der Waals surface area (Å²) in [6.07, 6.45) is 2.10. The molecule has 2 N–H and O–H groups in total. The number of aromatic nitrogens is 2. The molecule has 0 atom stereocenters. The maximum atomic E-state index is 12.7. The second kappa shape index (κ2) is 7.20. The van der Waals surface area contributed by atoms with E-state index in [0.29, 0.717) is 29.0 Å². The van der Waals surface area contributed by atoms with Gasteiger partial charge in [0.2, 0.25) is 16.0 Å². The third kappa shape index (κ3) is 3.89. The molecule has 1 aliphatic carbocycles. The quantitative estimate of drug-likeness (QED) is 0.643. The molecule has 1 amide bonds. The van der Waals surface area contributed by atoms with E-state index in [9.17, 15) is 13.2 Å². The summed E-state index contributed by atoms with van der Waals surface area (Å²) in [5.74, 6) is 0.332. The first-order valence-corrected chi connectivity index (χ1v) is 10.7. The number of rotatable bonds is 6. The van der Waals surface area contributed by atoms with E-state index in [0.717, 1.165) is 18.4 Å². The summed E-state index contributed by atoms with van der Waals surface area (Å²) < 4.78 is 29.2. The van der Waals surface area contributed by atoms with Gasteiger partial charge in [0, 0.05) is 24.2 Å². The number of hydrogen-bond acceptors (Lipinski definition) is 4. The molecule has 2 aromatic carbocycles. The molecule has 0 radical (unpaired) electrons. The van der Waals surface area contributed by atoms with E-state index in [4.69, 9.17) is 11.6 Å². The number of halogens is 1. The fourth-order valence-electron chi connectivity index (χ4n) is 2.90. The summed E-state index contributed by atoms with van der Waals surface area (Å²) in [7, 11) is -1.86. The van der Waals surface area contributed by atoms with Gasteiger partial charge in [0.1, 0.15) is 0 Å². The smallest absolute Gasteiger partial charge is 0.258 e. The van der Waals surface area contributed by atoms with Gasteiger partial charge in [-0.3, -0.25) is 10.1 Å². The topological polar surface area (TPSA) is 93.1 Å². The van der Waals surface area contributed by atoms with E-state index in [1.807, 2.05) is 6.07 Å². The molecule has 0 bridgehead atoms. The molecule has 146 valence electrons. The van der Waals surface area contributed by atoms with Crippen molar-refractivity contribution < 1.29 is 13.2 Å². The number of fused-ring (bicyclic) bond motifs is 1. The molecule has 1 saturated carbocycles. The van der Waals surface area contributed by atoms with Crippen molar-refractivity contribution in [1.82, 2.24) is 14.3 Å². The maximum Gasteiger partial charge on any atom is 0.258 e. The Bertz CT molecular complexity index is 1170. The lowest BCUT2D eigenvalue weighted by molar-refractivity contribution is 0.102. The van der Waals surface area contributed by atoms with Crippen molar-refractivity contribution in [3.8, 4) is 0 Å². The zero-order chi connectivity index (χ0) is 19.9. The Morgan fingerprint density at radius 1 is 1.25 bits per heavy atom. The Hall–Kier alpha value is -2.42. The van der Waals surface area contributed by atoms with Gasteiger partial charge in [-0.2, -0.15) is 0 Å². The number of aryl methyl sites for hydroxylation is 1. The highest BCUT2D eigenvalue weighted by atomic mass is 35.5. The normalized spacial score (nSPS) is 14.4. The van der Waals surface area contributed by atoms with Crippen LogP contribution in [0.4, 0.5) is 5.95 Å². The fourth-order valence-corrected chi connectivity index (χ4v) is 4.22. The number of carbonyl (C=O) groups is 1. The third-order valence-electron chi connectivity index (χ3n) is 4.73. The predicted octanol–water partition coefficient (Wildman–Crippen LogP) is 3.17. The SMILES string of the molecule is Cn1c(NC(=O)c2cccc(S(=O)(=O)NCC3CC3)c2)nc2cc(Cl)ccc21. The van der Waals surface area contributed by atoms with Gasteiger partial charge in [0.15, 0.2) is 0 Å². The summed E-state index contributed by atoms with van der Waals surface area (Å²) in [5.41, 5.74) is 1.71. The number of benzene rings is 2. The van der Waals surface area contributed by atoms with Crippen LogP contribution < -0.4 is 10.0 Å². The Morgan fingerprint density at radius 3 is 2.79 bits per heavy atom. The molecule has 28 heavy (non-hydrogen) atoms. The summed E-state index contributed by atoms with van der Waals surface area (Å²) in [5, 5.41) is 3.28. The third-order valence-corrected chi connectivity index (χ3v) is 6.39. The van der Waals surface area contributed by atoms with Crippen molar-refractivity contribution in [2.45, 2.75) is 17.7 Å². The molecule has 1 fully saturated rings. The van der Waals surface area contributed by atoms with E-state index >= 15 is 0 Å². The van der Waals surface area contributed by atoms with Gasteiger partial charge >= 0.3 is 0 Å². The van der Waals surface area contributed by atoms with Crippen LogP contribution in [0, 0.1) is 5.92 Å². The zero-order valence-corrected chi connectivity index (χ0v) is 16.7. The first-order valence-electron chi connectivity index (χ1n) is 8.86. The Balaban J connectivity index is 1.56. The van der Waals surface area contributed by atoms with E-state index in [1.165, 1.54) is 12.1 Å². The van der Waals surface area contributed by atoms with Crippen LogP contribution in [0.25, 0.3) is 11.0 Å². The van der Waals surface area contributed by atoms with Crippen molar-refractivity contribution in [1.29, 1.82) is 0 Å². The molecule has 1 aliphatic rings. The Morgan fingerprint density at radius 2 is 2.04 bits per heavy atom. The standard InChI is InChI=1S/C19H19ClN4O3S/c1-24-17-8-7-14(20)10-16(17)22-19(24)23-18(25)13-3-2-4-15(9-13)28(26,27)21-11-12-5-6-12/h2-4,7-10,12,21H,5-6,11H2,1H3,(H,22,23,25). The minimum absolute atomic E-state index is 0.0672. The van der Waals surface area contributed by atoms with E-state index in [1.54, 1.807) is 35.9 Å². The van der Waals surface area contributed by atoms with E-state index < -0.39 is 15.9 Å². The number of carbonyl (C=O) groups excluding carboxylic acids is 1. The first kappa shape index (κ1) is 18.9. The highest BCUT2D eigenvalue weighted by molar-refractivity contribution is 7.89. The van der Waals surface area contributed by atoms with Crippen LogP contribution in [0.5, 0.6) is 0 Å². The summed E-state index contributed by atoms with van der Waals surface area (Å²) >= 11 is 5.99. The first-order chi connectivity index (χ1) is 13.3. The molecule has 4 rings (SSSR count). The number of anilines is 1. The van der Waals surface area contributed by atoms with E-state index in [-0.39, 0.29) is 10.5 Å². The zero-order valence-electron chi connectivity index (χ0n) is 15.1. The predicted molar refractivity (Wildman–Crippen MR) is 108 cm³/mol. The fraction of sp³-hybridized carbons (Fsp3) is 0.263. The van der Waals surface area contributed by atoms with Gasteiger partial charge in [-0.05, 0) is 55.2 Å². The van der Waals surface area contributed by atoms with Crippen LogP contribution in [-0.2, 0) is 17.1 Å². The molecule has 0 aliphatic heterocycles. The van der Waals surface area contributed by atoms with Crippen molar-refractivity contribution in [2.24, 2.45) is 13.0 Å². The number of hydrogen-bond donors (Lipinski definition) is 2. The van der Waals surface area contributed by atoms with Crippen LogP contribution >= 0.6 is 11.6 Å². The number of imidazole rings is 1. The molecule has 1 heterocycles. The molecular formula is C19H19ClN4O3S. The monoisotopic (exact) mass is 418 g/mol. The van der Waals surface area contributed by atoms with Crippen LogP contribution in [0.1, 0.15) is 23.2 Å². The highest BCUT2D eigenvalue weighted by Crippen LogP contribution is 2.28. The molecular weight excluding hydrogens is 400 g/mol. The highest BCUT2D eigenvalue weighted by Gasteiger charge is 2.24. The average Bonchev–Trinajstić information content (AvgIpc) is 3.45. The second-order valence-electron chi connectivity index (χ2n) is 6.90. The van der Waals surface area contributed by atoms with Gasteiger partial charge < -0.3 is 4.57 Å². The maximum absolute atomic E-state index is 12.7. The molecule has 1 aromatic heterocycles. The molecule has 7 nitrogen and oxygen atoms in total. The van der Waals surface area contributed by atoms with E-state index in [2.05, 4.69) is 15.0 Å². The van der Waals surface area contributed by atoms with Crippen molar-refractivity contribution in [3.63, 3.8) is 0 Å². The van der Waals surface area contributed by atoms with Gasteiger partial charge in [-0.15, -0.1) is 0 Å². The summed E-state index contributed by atoms with van der Waals surface area (Å²) in [6, 6.07) is 11.2. The molecule has 9 heteroatoms. The van der Waals surface area contributed by atoms with Crippen molar-refractivity contribution in [3.05, 3.63) is 53.1 Å². The van der Waals surface area contributed by atoms with Gasteiger partial charge in [0.05, 0.1) is 15.9 Å². The molecule has 0 unspecified atom stereocenters. The van der Waals surface area contributed by atoms with Crippen molar-refractivity contribution >= 4 is 44.5 Å². The van der Waals surface area contributed by atoms with Crippen LogP contribution in [0.15, 0.2) is 47.4 Å². The largest absolute Gasteiger partial charge is 0.313 e. The van der Waals surface area contributed by atoms with Crippen molar-refractivity contribution in [2.75, 3.05) is 11.9 Å². The number of nitrogens with one attached hydrogen (secondary N) is 2. The molecule has 3 aromatic rings. The lowest BCUT2D eigenvalue weighted by Crippen LogP contribution is -2.26. The van der Waals surface area contributed by atoms with Crippen LogP contribution in [0.3, 0.4) is 0 Å². The number of amides is 1.